The van der Waals surface area contributed by atoms with Gasteiger partial charge in [0.25, 0.3) is 0 Å². The van der Waals surface area contributed by atoms with Gasteiger partial charge in [-0.15, -0.1) is 0 Å². The third-order valence-electron chi connectivity index (χ3n) is 3.64. The zero-order chi connectivity index (χ0) is 13.3. The van der Waals surface area contributed by atoms with Gasteiger partial charge < -0.3 is 5.73 Å². The Morgan fingerprint density at radius 3 is 2.39 bits per heavy atom. The van der Waals surface area contributed by atoms with Crippen LogP contribution in [-0.4, -0.2) is 18.7 Å². The lowest BCUT2D eigenvalue weighted by molar-refractivity contribution is 0.301. The van der Waals surface area contributed by atoms with E-state index in [1.165, 1.54) is 6.20 Å². The minimum atomic E-state index is -3.39. The van der Waals surface area contributed by atoms with Crippen LogP contribution in [0.15, 0.2) is 23.4 Å². The summed E-state index contributed by atoms with van der Waals surface area (Å²) in [7, 11) is -3.39. The highest BCUT2D eigenvalue weighted by molar-refractivity contribution is 7.92. The third-order valence-corrected chi connectivity index (χ3v) is 5.79. The lowest BCUT2D eigenvalue weighted by Crippen LogP contribution is -2.31. The molecular formula is C13H20N2O2S. The molecule has 1 saturated carbocycles. The summed E-state index contributed by atoms with van der Waals surface area (Å²) in [6, 6.07) is 3.25. The molecule has 0 radical (unpaired) electrons. The smallest absolute Gasteiger partial charge is 0.200 e. The van der Waals surface area contributed by atoms with E-state index in [1.807, 2.05) is 0 Å². The molecule has 2 N–H and O–H groups in total. The first-order chi connectivity index (χ1) is 8.41. The van der Waals surface area contributed by atoms with Crippen LogP contribution < -0.4 is 5.73 Å². The average Bonchev–Trinajstić information content (AvgIpc) is 2.28. The quantitative estimate of drug-likeness (QED) is 0.893. The van der Waals surface area contributed by atoms with E-state index in [-0.39, 0.29) is 16.0 Å². The maximum absolute atomic E-state index is 12.6. The minimum absolute atomic E-state index is 0.0521. The predicted octanol–water partition coefficient (Wildman–Crippen LogP) is 2.26. The molecule has 0 aromatic carbocycles. The Morgan fingerprint density at radius 1 is 1.22 bits per heavy atom. The number of nitrogen functional groups attached to an aromatic ring is 1. The molecule has 0 saturated heterocycles. The Balaban J connectivity index is 2.34. The van der Waals surface area contributed by atoms with Crippen LogP contribution in [0.4, 0.5) is 5.69 Å². The van der Waals surface area contributed by atoms with E-state index in [0.29, 0.717) is 24.7 Å². The van der Waals surface area contributed by atoms with Crippen LogP contribution in [0.2, 0.25) is 0 Å². The Hall–Kier alpha value is -1.10. The van der Waals surface area contributed by atoms with Crippen molar-refractivity contribution in [1.82, 2.24) is 4.98 Å². The molecule has 0 spiro atoms. The van der Waals surface area contributed by atoms with Crippen LogP contribution >= 0.6 is 0 Å². The zero-order valence-corrected chi connectivity index (χ0v) is 11.7. The minimum Gasteiger partial charge on any atom is -0.396 e. The van der Waals surface area contributed by atoms with Gasteiger partial charge in [-0.1, -0.05) is 13.8 Å². The molecule has 1 aromatic rings. The summed E-state index contributed by atoms with van der Waals surface area (Å²) >= 11 is 0. The SMILES string of the molecule is CC1CC(C)CC(S(=O)(=O)c2ncccc2N)C1. The van der Waals surface area contributed by atoms with Crippen LogP contribution in [0.25, 0.3) is 0 Å². The maximum atomic E-state index is 12.6. The summed E-state index contributed by atoms with van der Waals surface area (Å²) in [4.78, 5) is 3.96. The number of sulfone groups is 1. The highest BCUT2D eigenvalue weighted by Crippen LogP contribution is 2.35. The molecule has 4 nitrogen and oxygen atoms in total. The van der Waals surface area contributed by atoms with Gasteiger partial charge in [0, 0.05) is 6.20 Å². The van der Waals surface area contributed by atoms with E-state index >= 15 is 0 Å². The van der Waals surface area contributed by atoms with Crippen LogP contribution in [0.1, 0.15) is 33.1 Å². The highest BCUT2D eigenvalue weighted by atomic mass is 32.2. The van der Waals surface area contributed by atoms with Crippen LogP contribution in [0.3, 0.4) is 0 Å². The molecule has 0 amide bonds. The fraction of sp³-hybridized carbons (Fsp3) is 0.615. The number of rotatable bonds is 2. The van der Waals surface area contributed by atoms with E-state index in [9.17, 15) is 8.42 Å². The van der Waals surface area contributed by atoms with Gasteiger partial charge in [0.15, 0.2) is 5.03 Å². The van der Waals surface area contributed by atoms with E-state index in [0.717, 1.165) is 6.42 Å². The molecule has 1 aromatic heterocycles. The first-order valence-electron chi connectivity index (χ1n) is 6.35. The number of aromatic nitrogens is 1. The van der Waals surface area contributed by atoms with Crippen molar-refractivity contribution in [2.45, 2.75) is 43.4 Å². The van der Waals surface area contributed by atoms with E-state index < -0.39 is 9.84 Å². The number of anilines is 1. The summed E-state index contributed by atoms with van der Waals surface area (Å²) < 4.78 is 25.1. The van der Waals surface area contributed by atoms with Gasteiger partial charge >= 0.3 is 0 Å². The molecule has 0 aliphatic heterocycles. The molecular weight excluding hydrogens is 248 g/mol. The molecule has 2 atom stereocenters. The van der Waals surface area contributed by atoms with E-state index in [4.69, 9.17) is 5.73 Å². The van der Waals surface area contributed by atoms with Crippen LogP contribution in [-0.2, 0) is 9.84 Å². The van der Waals surface area contributed by atoms with Gasteiger partial charge in [0.1, 0.15) is 0 Å². The summed E-state index contributed by atoms with van der Waals surface area (Å²) in [5.74, 6) is 0.886. The molecule has 1 aliphatic carbocycles. The fourth-order valence-corrected chi connectivity index (χ4v) is 5.01. The molecule has 0 bridgehead atoms. The van der Waals surface area contributed by atoms with Crippen molar-refractivity contribution in [2.24, 2.45) is 11.8 Å². The molecule has 1 heterocycles. The first kappa shape index (κ1) is 13.3. The second kappa shape index (κ2) is 4.88. The Morgan fingerprint density at radius 2 is 1.83 bits per heavy atom. The number of pyridine rings is 1. The topological polar surface area (TPSA) is 73.0 Å². The fourth-order valence-electron chi connectivity index (χ4n) is 2.93. The van der Waals surface area contributed by atoms with Gasteiger partial charge in [0.05, 0.1) is 10.9 Å². The van der Waals surface area contributed by atoms with Crippen molar-refractivity contribution in [3.05, 3.63) is 18.3 Å². The monoisotopic (exact) mass is 268 g/mol. The van der Waals surface area contributed by atoms with Gasteiger partial charge in [-0.3, -0.25) is 0 Å². The summed E-state index contributed by atoms with van der Waals surface area (Å²) in [6.45, 7) is 4.22. The molecule has 1 aliphatic rings. The van der Waals surface area contributed by atoms with Crippen molar-refractivity contribution >= 4 is 15.5 Å². The summed E-state index contributed by atoms with van der Waals surface area (Å²) in [6.07, 6.45) is 4.01. The molecule has 1 fully saturated rings. The summed E-state index contributed by atoms with van der Waals surface area (Å²) in [5, 5.41) is -0.287. The number of hydrogen-bond donors (Lipinski definition) is 1. The lowest BCUT2D eigenvalue weighted by Gasteiger charge is -2.30. The van der Waals surface area contributed by atoms with Gasteiger partial charge in [-0.25, -0.2) is 13.4 Å². The number of hydrogen-bond acceptors (Lipinski definition) is 4. The molecule has 18 heavy (non-hydrogen) atoms. The number of nitrogens with zero attached hydrogens (tertiary/aromatic N) is 1. The van der Waals surface area contributed by atoms with Gasteiger partial charge in [0.2, 0.25) is 9.84 Å². The molecule has 100 valence electrons. The second-order valence-corrected chi connectivity index (χ2v) is 7.63. The highest BCUT2D eigenvalue weighted by Gasteiger charge is 2.35. The van der Waals surface area contributed by atoms with Gasteiger partial charge in [-0.05, 0) is 43.2 Å². The maximum Gasteiger partial charge on any atom is 0.200 e. The Kier molecular flexibility index (Phi) is 3.61. The van der Waals surface area contributed by atoms with Crippen LogP contribution in [0.5, 0.6) is 0 Å². The van der Waals surface area contributed by atoms with E-state index in [1.54, 1.807) is 12.1 Å². The Labute approximate surface area is 109 Å². The van der Waals surface area contributed by atoms with Crippen molar-refractivity contribution in [2.75, 3.05) is 5.73 Å². The zero-order valence-electron chi connectivity index (χ0n) is 10.8. The van der Waals surface area contributed by atoms with Crippen molar-refractivity contribution in [3.8, 4) is 0 Å². The molecule has 2 rings (SSSR count). The number of nitrogens with two attached hydrogens (primary N) is 1. The lowest BCUT2D eigenvalue weighted by atomic mass is 9.83. The molecule has 2 unspecified atom stereocenters. The second-order valence-electron chi connectivity index (χ2n) is 5.48. The average molecular weight is 268 g/mol. The van der Waals surface area contributed by atoms with Crippen molar-refractivity contribution in [1.29, 1.82) is 0 Å². The normalized spacial score (nSPS) is 29.1. The molecule has 5 heteroatoms. The van der Waals surface area contributed by atoms with E-state index in [2.05, 4.69) is 18.8 Å². The predicted molar refractivity (Wildman–Crippen MR) is 71.8 cm³/mol. The van der Waals surface area contributed by atoms with Gasteiger partial charge in [-0.2, -0.15) is 0 Å². The Bertz CT molecular complexity index is 518. The standard InChI is InChI=1S/C13H20N2O2S/c1-9-6-10(2)8-11(7-9)18(16,17)13-12(14)4-3-5-15-13/h3-5,9-11H,6-8,14H2,1-2H3. The van der Waals surface area contributed by atoms with Crippen molar-refractivity contribution < 1.29 is 8.42 Å². The third kappa shape index (κ3) is 2.51. The summed E-state index contributed by atoms with van der Waals surface area (Å²) in [5.41, 5.74) is 5.99. The van der Waals surface area contributed by atoms with Crippen LogP contribution in [0, 0.1) is 11.8 Å². The van der Waals surface area contributed by atoms with Crippen molar-refractivity contribution in [3.63, 3.8) is 0 Å². The first-order valence-corrected chi connectivity index (χ1v) is 7.90. The largest absolute Gasteiger partial charge is 0.396 e.